The smallest absolute Gasteiger partial charge is 0.0517 e. The van der Waals surface area contributed by atoms with Crippen molar-refractivity contribution in [3.63, 3.8) is 0 Å². The lowest BCUT2D eigenvalue weighted by Gasteiger charge is -2.35. The fraction of sp³-hybridized carbons (Fsp3) is 0.688. The monoisotopic (exact) mass is 261 g/mol. The van der Waals surface area contributed by atoms with Crippen molar-refractivity contribution in [3.8, 4) is 0 Å². The van der Waals surface area contributed by atoms with Crippen molar-refractivity contribution in [3.05, 3.63) is 29.6 Å². The number of rotatable bonds is 3. The fourth-order valence-electron chi connectivity index (χ4n) is 3.15. The first kappa shape index (κ1) is 14.5. The van der Waals surface area contributed by atoms with Gasteiger partial charge in [-0.2, -0.15) is 0 Å². The lowest BCUT2D eigenvalue weighted by molar-refractivity contribution is 0.165. The highest BCUT2D eigenvalue weighted by molar-refractivity contribution is 5.26. The van der Waals surface area contributed by atoms with E-state index in [1.807, 2.05) is 12.4 Å². The summed E-state index contributed by atoms with van der Waals surface area (Å²) >= 11 is 0. The summed E-state index contributed by atoms with van der Waals surface area (Å²) in [5.41, 5.74) is 9.10. The second-order valence-electron chi connectivity index (χ2n) is 6.23. The first-order valence-electron chi connectivity index (χ1n) is 7.49. The molecule has 1 aliphatic rings. The van der Waals surface area contributed by atoms with Crippen LogP contribution in [0.3, 0.4) is 0 Å². The van der Waals surface area contributed by atoms with Crippen LogP contribution in [0.2, 0.25) is 0 Å². The number of aryl methyl sites for hydroxylation is 1. The van der Waals surface area contributed by atoms with Crippen molar-refractivity contribution in [1.82, 2.24) is 9.88 Å². The zero-order valence-electron chi connectivity index (χ0n) is 12.5. The minimum absolute atomic E-state index is 0.226. The Balaban J connectivity index is 2.31. The van der Waals surface area contributed by atoms with Gasteiger partial charge in [0.15, 0.2) is 0 Å². The predicted octanol–water partition coefficient (Wildman–Crippen LogP) is 2.90. The van der Waals surface area contributed by atoms with Crippen molar-refractivity contribution in [1.29, 1.82) is 0 Å². The van der Waals surface area contributed by atoms with Gasteiger partial charge >= 0.3 is 0 Å². The van der Waals surface area contributed by atoms with Crippen LogP contribution in [0.25, 0.3) is 0 Å². The highest BCUT2D eigenvalue weighted by atomic mass is 15.2. The van der Waals surface area contributed by atoms with Crippen molar-refractivity contribution < 1.29 is 0 Å². The number of hydrogen-bond acceptors (Lipinski definition) is 3. The molecule has 2 heterocycles. The number of nitrogens with two attached hydrogens (primary N) is 1. The number of nitrogens with zero attached hydrogens (tertiary/aromatic N) is 2. The number of hydrogen-bond donors (Lipinski definition) is 1. The molecule has 2 N–H and O–H groups in total. The van der Waals surface area contributed by atoms with Crippen LogP contribution in [-0.2, 0) is 0 Å². The summed E-state index contributed by atoms with van der Waals surface area (Å²) in [6.07, 6.45) is 7.50. The summed E-state index contributed by atoms with van der Waals surface area (Å²) in [4.78, 5) is 6.89. The lowest BCUT2D eigenvalue weighted by Crippen LogP contribution is -2.41. The van der Waals surface area contributed by atoms with E-state index in [0.717, 1.165) is 19.5 Å². The van der Waals surface area contributed by atoms with E-state index in [4.69, 9.17) is 5.73 Å². The van der Waals surface area contributed by atoms with Crippen molar-refractivity contribution in [2.75, 3.05) is 13.1 Å². The molecule has 0 bridgehead atoms. The summed E-state index contributed by atoms with van der Waals surface area (Å²) in [5.74, 6) is 0.671. The van der Waals surface area contributed by atoms with Crippen LogP contribution in [0, 0.1) is 12.8 Å². The molecule has 106 valence electrons. The van der Waals surface area contributed by atoms with E-state index in [9.17, 15) is 0 Å². The molecule has 1 aliphatic heterocycles. The van der Waals surface area contributed by atoms with Gasteiger partial charge in [0.2, 0.25) is 0 Å². The van der Waals surface area contributed by atoms with E-state index in [-0.39, 0.29) is 6.04 Å². The second kappa shape index (κ2) is 6.49. The van der Waals surface area contributed by atoms with Gasteiger partial charge in [-0.1, -0.05) is 20.3 Å². The van der Waals surface area contributed by atoms with E-state index in [1.54, 1.807) is 0 Å². The van der Waals surface area contributed by atoms with Crippen molar-refractivity contribution >= 4 is 0 Å². The van der Waals surface area contributed by atoms with E-state index < -0.39 is 0 Å². The molecule has 3 heteroatoms. The van der Waals surface area contributed by atoms with E-state index >= 15 is 0 Å². The normalized spacial score (nSPS) is 25.5. The summed E-state index contributed by atoms with van der Waals surface area (Å²) in [6, 6.07) is 2.66. The maximum atomic E-state index is 6.48. The second-order valence-corrected chi connectivity index (χ2v) is 6.23. The third-order valence-electron chi connectivity index (χ3n) is 4.03. The zero-order valence-corrected chi connectivity index (χ0v) is 12.5. The summed E-state index contributed by atoms with van der Waals surface area (Å²) < 4.78 is 0. The molecule has 0 amide bonds. The molecule has 2 unspecified atom stereocenters. The van der Waals surface area contributed by atoms with Gasteiger partial charge in [0.1, 0.15) is 0 Å². The van der Waals surface area contributed by atoms with Gasteiger partial charge in [0, 0.05) is 25.0 Å². The number of pyridine rings is 1. The highest BCUT2D eigenvalue weighted by Crippen LogP contribution is 2.31. The van der Waals surface area contributed by atoms with Gasteiger partial charge in [-0.05, 0) is 49.4 Å². The van der Waals surface area contributed by atoms with Crippen LogP contribution < -0.4 is 5.73 Å². The molecular weight excluding hydrogens is 234 g/mol. The predicted molar refractivity (Wildman–Crippen MR) is 80.0 cm³/mol. The van der Waals surface area contributed by atoms with Crippen LogP contribution in [0.15, 0.2) is 18.5 Å². The van der Waals surface area contributed by atoms with Gasteiger partial charge in [-0.25, -0.2) is 0 Å². The van der Waals surface area contributed by atoms with Crippen molar-refractivity contribution in [2.24, 2.45) is 11.7 Å². The Labute approximate surface area is 117 Å². The fourth-order valence-corrected chi connectivity index (χ4v) is 3.15. The first-order valence-corrected chi connectivity index (χ1v) is 7.49. The van der Waals surface area contributed by atoms with Gasteiger partial charge in [-0.3, -0.25) is 9.88 Å². The van der Waals surface area contributed by atoms with Crippen LogP contribution in [-0.4, -0.2) is 29.0 Å². The Morgan fingerprint density at radius 3 is 2.89 bits per heavy atom. The molecule has 0 saturated carbocycles. The Bertz CT molecular complexity index is 403. The molecule has 0 spiro atoms. The molecule has 0 radical (unpaired) electrons. The molecule has 1 fully saturated rings. The number of aromatic nitrogens is 1. The molecule has 0 aromatic carbocycles. The molecule has 19 heavy (non-hydrogen) atoms. The van der Waals surface area contributed by atoms with Crippen LogP contribution in [0.4, 0.5) is 0 Å². The topological polar surface area (TPSA) is 42.1 Å². The Morgan fingerprint density at radius 2 is 2.21 bits per heavy atom. The zero-order chi connectivity index (χ0) is 13.8. The summed E-state index contributed by atoms with van der Waals surface area (Å²) in [7, 11) is 0. The summed E-state index contributed by atoms with van der Waals surface area (Å²) in [6.45, 7) is 9.01. The third kappa shape index (κ3) is 3.54. The van der Waals surface area contributed by atoms with Crippen LogP contribution >= 0.6 is 0 Å². The largest absolute Gasteiger partial charge is 0.326 e. The average molecular weight is 261 g/mol. The molecule has 1 saturated heterocycles. The van der Waals surface area contributed by atoms with Gasteiger partial charge in [-0.15, -0.1) is 0 Å². The Morgan fingerprint density at radius 1 is 1.42 bits per heavy atom. The number of likely N-dealkylation sites (tertiary alicyclic amines) is 1. The van der Waals surface area contributed by atoms with Crippen LogP contribution in [0.1, 0.15) is 50.3 Å². The SMILES string of the molecule is Cc1ccncc1C1C(N)CCCCN1CC(C)C. The lowest BCUT2D eigenvalue weighted by atomic mass is 9.94. The quantitative estimate of drug-likeness (QED) is 0.909. The van der Waals surface area contributed by atoms with Crippen molar-refractivity contribution in [2.45, 2.75) is 52.1 Å². The minimum Gasteiger partial charge on any atom is -0.326 e. The minimum atomic E-state index is 0.226. The standard InChI is InChI=1S/C16H27N3/c1-12(2)11-19-9-5-4-6-15(17)16(19)14-10-18-8-7-13(14)3/h7-8,10,12,15-16H,4-6,9,11,17H2,1-3H3. The van der Waals surface area contributed by atoms with Gasteiger partial charge in [0.05, 0.1) is 6.04 Å². The van der Waals surface area contributed by atoms with E-state index in [0.29, 0.717) is 12.0 Å². The Kier molecular flexibility index (Phi) is 4.94. The average Bonchev–Trinajstić information content (AvgIpc) is 2.52. The van der Waals surface area contributed by atoms with Crippen LogP contribution in [0.5, 0.6) is 0 Å². The molecule has 0 aliphatic carbocycles. The molecular formula is C16H27N3. The maximum Gasteiger partial charge on any atom is 0.0517 e. The molecule has 1 aromatic heterocycles. The molecule has 2 atom stereocenters. The van der Waals surface area contributed by atoms with Gasteiger partial charge < -0.3 is 5.73 Å². The molecule has 1 aromatic rings. The molecule has 3 nitrogen and oxygen atoms in total. The van der Waals surface area contributed by atoms with Gasteiger partial charge in [0.25, 0.3) is 0 Å². The maximum absolute atomic E-state index is 6.48. The third-order valence-corrected chi connectivity index (χ3v) is 4.03. The summed E-state index contributed by atoms with van der Waals surface area (Å²) in [5, 5.41) is 0. The van der Waals surface area contributed by atoms with E-state index in [2.05, 4.69) is 36.7 Å². The Hall–Kier alpha value is -0.930. The van der Waals surface area contributed by atoms with E-state index in [1.165, 1.54) is 24.0 Å². The molecule has 2 rings (SSSR count). The highest BCUT2D eigenvalue weighted by Gasteiger charge is 2.30. The first-order chi connectivity index (χ1) is 9.09.